The zero-order valence-corrected chi connectivity index (χ0v) is 11.5. The highest BCUT2D eigenvalue weighted by Gasteiger charge is 2.14. The second kappa shape index (κ2) is 6.43. The normalized spacial score (nSPS) is 10.8. The van der Waals surface area contributed by atoms with E-state index in [1.807, 2.05) is 6.92 Å². The Morgan fingerprint density at radius 1 is 1.39 bits per heavy atom. The van der Waals surface area contributed by atoms with Crippen LogP contribution in [0.1, 0.15) is 25.8 Å². The quantitative estimate of drug-likeness (QED) is 0.482. The van der Waals surface area contributed by atoms with E-state index in [-0.39, 0.29) is 4.90 Å². The predicted molar refractivity (Wildman–Crippen MR) is 73.5 cm³/mol. The van der Waals surface area contributed by atoms with Crippen molar-refractivity contribution in [2.75, 3.05) is 12.3 Å². The molecule has 0 heterocycles. The van der Waals surface area contributed by atoms with E-state index in [0.29, 0.717) is 18.7 Å². The van der Waals surface area contributed by atoms with Gasteiger partial charge in [0.1, 0.15) is 0 Å². The summed E-state index contributed by atoms with van der Waals surface area (Å²) >= 11 is 0. The highest BCUT2D eigenvalue weighted by Crippen LogP contribution is 2.18. The van der Waals surface area contributed by atoms with Gasteiger partial charge in [0.2, 0.25) is 10.0 Å². The number of sulfonamides is 1. The Bertz CT molecular complexity index is 568. The molecule has 0 fully saturated rings. The van der Waals surface area contributed by atoms with Gasteiger partial charge in [0.05, 0.1) is 4.90 Å². The third-order valence-corrected chi connectivity index (χ3v) is 3.99. The molecule has 0 saturated heterocycles. The average Bonchev–Trinajstić information content (AvgIpc) is 2.34. The highest BCUT2D eigenvalue weighted by molar-refractivity contribution is 7.89. The van der Waals surface area contributed by atoms with Crippen LogP contribution in [0.4, 0.5) is 5.69 Å². The van der Waals surface area contributed by atoms with Crippen LogP contribution >= 0.6 is 0 Å². The molecule has 0 aliphatic rings. The third-order valence-electron chi connectivity index (χ3n) is 2.53. The van der Waals surface area contributed by atoms with Crippen LogP contribution in [0.3, 0.4) is 0 Å². The number of nitrogens with one attached hydrogen (secondary N) is 1. The summed E-state index contributed by atoms with van der Waals surface area (Å²) in [5.74, 6) is 5.51. The molecule has 98 valence electrons. The number of nitrogens with two attached hydrogens (primary N) is 1. The van der Waals surface area contributed by atoms with Crippen molar-refractivity contribution in [1.29, 1.82) is 0 Å². The van der Waals surface area contributed by atoms with E-state index in [4.69, 9.17) is 5.73 Å². The Kier molecular flexibility index (Phi) is 5.20. The van der Waals surface area contributed by atoms with E-state index in [0.717, 1.165) is 12.0 Å². The van der Waals surface area contributed by atoms with Crippen molar-refractivity contribution in [2.24, 2.45) is 0 Å². The van der Waals surface area contributed by atoms with Crippen LogP contribution in [-0.4, -0.2) is 15.0 Å². The highest BCUT2D eigenvalue weighted by atomic mass is 32.2. The molecule has 5 heteroatoms. The summed E-state index contributed by atoms with van der Waals surface area (Å²) in [4.78, 5) is 0.196. The van der Waals surface area contributed by atoms with Crippen LogP contribution in [0.2, 0.25) is 0 Å². The molecule has 0 atom stereocenters. The Labute approximate surface area is 109 Å². The molecule has 0 amide bonds. The van der Waals surface area contributed by atoms with Crippen LogP contribution in [0.5, 0.6) is 0 Å². The Balaban J connectivity index is 2.84. The number of benzene rings is 1. The minimum absolute atomic E-state index is 0.196. The van der Waals surface area contributed by atoms with Gasteiger partial charge in [0, 0.05) is 18.7 Å². The van der Waals surface area contributed by atoms with Gasteiger partial charge in [-0.25, -0.2) is 13.1 Å². The first-order valence-electron chi connectivity index (χ1n) is 5.79. The zero-order valence-electron chi connectivity index (χ0n) is 10.7. The lowest BCUT2D eigenvalue weighted by Crippen LogP contribution is -2.24. The molecule has 0 saturated carbocycles. The van der Waals surface area contributed by atoms with Gasteiger partial charge in [-0.2, -0.15) is 0 Å². The molecule has 1 aromatic carbocycles. The van der Waals surface area contributed by atoms with Crippen LogP contribution < -0.4 is 10.5 Å². The van der Waals surface area contributed by atoms with Crippen molar-refractivity contribution in [1.82, 2.24) is 4.72 Å². The third kappa shape index (κ3) is 3.76. The standard InChI is InChI=1S/C13H18N2O2S/c1-3-5-6-9-15-18(16,17)12-8-7-11(4-2)13(14)10-12/h7-8,10,15H,4,6,9,14H2,1-2H3. The lowest BCUT2D eigenvalue weighted by molar-refractivity contribution is 0.582. The average molecular weight is 266 g/mol. The van der Waals surface area contributed by atoms with Crippen molar-refractivity contribution in [3.05, 3.63) is 23.8 Å². The van der Waals surface area contributed by atoms with E-state index < -0.39 is 10.0 Å². The van der Waals surface area contributed by atoms with E-state index in [9.17, 15) is 8.42 Å². The number of aryl methyl sites for hydroxylation is 1. The largest absolute Gasteiger partial charge is 0.398 e. The summed E-state index contributed by atoms with van der Waals surface area (Å²) in [6.45, 7) is 4.00. The van der Waals surface area contributed by atoms with Gasteiger partial charge < -0.3 is 5.73 Å². The number of nitrogen functional groups attached to an aromatic ring is 1. The lowest BCUT2D eigenvalue weighted by Gasteiger charge is -2.08. The maximum atomic E-state index is 11.9. The van der Waals surface area contributed by atoms with Gasteiger partial charge in [-0.3, -0.25) is 0 Å². The van der Waals surface area contributed by atoms with Gasteiger partial charge in [-0.15, -0.1) is 11.8 Å². The van der Waals surface area contributed by atoms with Crippen molar-refractivity contribution in [3.63, 3.8) is 0 Å². The molecule has 3 N–H and O–H groups in total. The van der Waals surface area contributed by atoms with E-state index in [1.165, 1.54) is 6.07 Å². The van der Waals surface area contributed by atoms with Crippen LogP contribution in [0.15, 0.2) is 23.1 Å². The molecular weight excluding hydrogens is 248 g/mol. The number of anilines is 1. The molecule has 0 aromatic heterocycles. The summed E-state index contributed by atoms with van der Waals surface area (Å²) in [6.07, 6.45) is 1.28. The smallest absolute Gasteiger partial charge is 0.240 e. The minimum atomic E-state index is -3.49. The van der Waals surface area contributed by atoms with Crippen molar-refractivity contribution >= 4 is 15.7 Å². The summed E-state index contributed by atoms with van der Waals surface area (Å²) in [5.41, 5.74) is 7.25. The topological polar surface area (TPSA) is 72.2 Å². The van der Waals surface area contributed by atoms with Crippen LogP contribution in [0.25, 0.3) is 0 Å². The first kappa shape index (κ1) is 14.6. The van der Waals surface area contributed by atoms with Crippen LogP contribution in [0, 0.1) is 11.8 Å². The Hall–Kier alpha value is -1.51. The van der Waals surface area contributed by atoms with E-state index in [1.54, 1.807) is 19.1 Å². The maximum Gasteiger partial charge on any atom is 0.240 e. The van der Waals surface area contributed by atoms with Gasteiger partial charge in [-0.1, -0.05) is 13.0 Å². The van der Waals surface area contributed by atoms with E-state index in [2.05, 4.69) is 16.6 Å². The molecule has 0 aliphatic carbocycles. The van der Waals surface area contributed by atoms with Gasteiger partial charge in [0.15, 0.2) is 0 Å². The molecule has 18 heavy (non-hydrogen) atoms. The fourth-order valence-corrected chi connectivity index (χ4v) is 2.59. The maximum absolute atomic E-state index is 11.9. The molecule has 0 bridgehead atoms. The zero-order chi connectivity index (χ0) is 13.6. The number of rotatable bonds is 5. The monoisotopic (exact) mass is 266 g/mol. The SMILES string of the molecule is CC#CCCNS(=O)(=O)c1ccc(CC)c(N)c1. The molecule has 1 rings (SSSR count). The lowest BCUT2D eigenvalue weighted by atomic mass is 10.1. The Morgan fingerprint density at radius 2 is 2.11 bits per heavy atom. The van der Waals surface area contributed by atoms with Crippen molar-refractivity contribution in [2.45, 2.75) is 31.6 Å². The number of hydrogen-bond acceptors (Lipinski definition) is 3. The fourth-order valence-electron chi connectivity index (χ4n) is 1.52. The summed E-state index contributed by atoms with van der Waals surface area (Å²) < 4.78 is 26.4. The molecule has 1 aromatic rings. The van der Waals surface area contributed by atoms with Crippen molar-refractivity contribution < 1.29 is 8.42 Å². The molecule has 4 nitrogen and oxygen atoms in total. The molecule has 0 aliphatic heterocycles. The molecular formula is C13H18N2O2S. The summed E-state index contributed by atoms with van der Waals surface area (Å²) in [5, 5.41) is 0. The number of hydrogen-bond donors (Lipinski definition) is 2. The first-order chi connectivity index (χ1) is 8.51. The Morgan fingerprint density at radius 3 is 2.67 bits per heavy atom. The van der Waals surface area contributed by atoms with E-state index >= 15 is 0 Å². The second-order valence-electron chi connectivity index (χ2n) is 3.79. The second-order valence-corrected chi connectivity index (χ2v) is 5.56. The summed E-state index contributed by atoms with van der Waals surface area (Å²) in [7, 11) is -3.49. The van der Waals surface area contributed by atoms with Gasteiger partial charge in [-0.05, 0) is 31.0 Å². The fraction of sp³-hybridized carbons (Fsp3) is 0.385. The predicted octanol–water partition coefficient (Wildman–Crippen LogP) is 1.52. The molecule has 0 radical (unpaired) electrons. The molecule has 0 spiro atoms. The van der Waals surface area contributed by atoms with Gasteiger partial charge >= 0.3 is 0 Å². The first-order valence-corrected chi connectivity index (χ1v) is 7.27. The van der Waals surface area contributed by atoms with Crippen molar-refractivity contribution in [3.8, 4) is 11.8 Å². The molecule has 0 unspecified atom stereocenters. The minimum Gasteiger partial charge on any atom is -0.398 e. The van der Waals surface area contributed by atoms with Gasteiger partial charge in [0.25, 0.3) is 0 Å². The van der Waals surface area contributed by atoms with Crippen LogP contribution in [-0.2, 0) is 16.4 Å². The summed E-state index contributed by atoms with van der Waals surface area (Å²) in [6, 6.07) is 4.81.